The van der Waals surface area contributed by atoms with Gasteiger partial charge in [0, 0.05) is 26.7 Å². The summed E-state index contributed by atoms with van der Waals surface area (Å²) in [6.45, 7) is 0. The molecule has 104 valence electrons. The quantitative estimate of drug-likeness (QED) is 0.519. The first kappa shape index (κ1) is 14.5. The summed E-state index contributed by atoms with van der Waals surface area (Å²) in [4.78, 5) is 8.85. The summed E-state index contributed by atoms with van der Waals surface area (Å²) >= 11 is 15.6. The number of hydrogen-bond donors (Lipinski definition) is 0. The van der Waals surface area contributed by atoms with Crippen LogP contribution in [0.1, 0.15) is 0 Å². The zero-order valence-electron chi connectivity index (χ0n) is 10.7. The summed E-state index contributed by atoms with van der Waals surface area (Å²) in [5, 5.41) is 1.04. The Kier molecular flexibility index (Phi) is 4.24. The molecule has 0 fully saturated rings. The lowest BCUT2D eigenvalue weighted by Crippen LogP contribution is -1.93. The highest BCUT2D eigenvalue weighted by atomic mass is 79.9. The number of aromatic nitrogens is 2. The maximum Gasteiger partial charge on any atom is 0.161 e. The van der Waals surface area contributed by atoms with Crippen LogP contribution in [0.15, 0.2) is 59.1 Å². The summed E-state index contributed by atoms with van der Waals surface area (Å²) in [6, 6.07) is 17.0. The van der Waals surface area contributed by atoms with E-state index in [0.717, 1.165) is 21.3 Å². The Morgan fingerprint density at radius 1 is 0.810 bits per heavy atom. The van der Waals surface area contributed by atoms with E-state index in [1.165, 1.54) is 0 Å². The highest BCUT2D eigenvalue weighted by Crippen LogP contribution is 2.26. The maximum atomic E-state index is 6.13. The number of rotatable bonds is 2. The van der Waals surface area contributed by atoms with Crippen molar-refractivity contribution in [2.45, 2.75) is 0 Å². The van der Waals surface area contributed by atoms with Gasteiger partial charge in [-0.05, 0) is 24.3 Å². The van der Waals surface area contributed by atoms with Gasteiger partial charge in [0.25, 0.3) is 0 Å². The molecule has 0 amide bonds. The number of halogens is 3. The van der Waals surface area contributed by atoms with Crippen molar-refractivity contribution in [3.8, 4) is 22.6 Å². The monoisotopic (exact) mass is 378 g/mol. The van der Waals surface area contributed by atoms with Crippen molar-refractivity contribution in [1.29, 1.82) is 0 Å². The van der Waals surface area contributed by atoms with E-state index in [4.69, 9.17) is 23.2 Å². The van der Waals surface area contributed by atoms with E-state index in [1.807, 2.05) is 48.5 Å². The summed E-state index contributed by atoms with van der Waals surface area (Å²) in [5.74, 6) is 0.558. The van der Waals surface area contributed by atoms with Crippen molar-refractivity contribution in [2.75, 3.05) is 0 Å². The molecule has 2 aromatic carbocycles. The van der Waals surface area contributed by atoms with Crippen LogP contribution in [0, 0.1) is 0 Å². The summed E-state index contributed by atoms with van der Waals surface area (Å²) < 4.78 is 1.02. The normalized spacial score (nSPS) is 10.6. The third kappa shape index (κ3) is 3.43. The molecule has 0 aliphatic rings. The van der Waals surface area contributed by atoms with E-state index >= 15 is 0 Å². The maximum absolute atomic E-state index is 6.13. The molecule has 0 radical (unpaired) electrons. The molecule has 1 heterocycles. The molecular formula is C16H9BrCl2N2. The van der Waals surface area contributed by atoms with Gasteiger partial charge in [-0.15, -0.1) is 0 Å². The predicted octanol–water partition coefficient (Wildman–Crippen LogP) is 5.88. The Bertz CT molecular complexity index is 789. The average molecular weight is 380 g/mol. The minimum atomic E-state index is 0.401. The van der Waals surface area contributed by atoms with E-state index in [0.29, 0.717) is 16.0 Å². The van der Waals surface area contributed by atoms with Crippen LogP contribution >= 0.6 is 39.1 Å². The molecule has 2 nitrogen and oxygen atoms in total. The number of nitrogens with zero attached hydrogens (tertiary/aromatic N) is 2. The van der Waals surface area contributed by atoms with Crippen LogP contribution in [0.4, 0.5) is 0 Å². The molecule has 0 aliphatic heterocycles. The van der Waals surface area contributed by atoms with Crippen molar-refractivity contribution in [3.05, 3.63) is 69.2 Å². The fourth-order valence-electron chi connectivity index (χ4n) is 1.94. The smallest absolute Gasteiger partial charge is 0.161 e. The van der Waals surface area contributed by atoms with Crippen molar-refractivity contribution in [3.63, 3.8) is 0 Å². The van der Waals surface area contributed by atoms with Gasteiger partial charge in [-0.2, -0.15) is 0 Å². The summed E-state index contributed by atoms with van der Waals surface area (Å²) in [7, 11) is 0. The Balaban J connectivity index is 2.10. The second kappa shape index (κ2) is 6.14. The molecule has 0 saturated carbocycles. The number of hydrogen-bond acceptors (Lipinski definition) is 2. The van der Waals surface area contributed by atoms with Gasteiger partial charge < -0.3 is 0 Å². The van der Waals surface area contributed by atoms with E-state index in [9.17, 15) is 0 Å². The van der Waals surface area contributed by atoms with Gasteiger partial charge in [0.05, 0.1) is 5.69 Å². The molecule has 0 unspecified atom stereocenters. The van der Waals surface area contributed by atoms with Crippen molar-refractivity contribution >= 4 is 39.1 Å². The van der Waals surface area contributed by atoms with Gasteiger partial charge in [-0.1, -0.05) is 63.4 Å². The van der Waals surface area contributed by atoms with Crippen LogP contribution in [0.2, 0.25) is 10.2 Å². The summed E-state index contributed by atoms with van der Waals surface area (Å²) in [5.41, 5.74) is 2.59. The van der Waals surface area contributed by atoms with Crippen molar-refractivity contribution in [2.24, 2.45) is 0 Å². The molecule has 3 rings (SSSR count). The lowest BCUT2D eigenvalue weighted by atomic mass is 10.1. The lowest BCUT2D eigenvalue weighted by molar-refractivity contribution is 1.18. The molecule has 21 heavy (non-hydrogen) atoms. The minimum absolute atomic E-state index is 0.401. The first-order valence-electron chi connectivity index (χ1n) is 6.18. The van der Waals surface area contributed by atoms with Gasteiger partial charge in [0.1, 0.15) is 5.15 Å². The Morgan fingerprint density at radius 2 is 1.57 bits per heavy atom. The van der Waals surface area contributed by atoms with Gasteiger partial charge >= 0.3 is 0 Å². The second-order valence-corrected chi connectivity index (χ2v) is 6.16. The topological polar surface area (TPSA) is 25.8 Å². The zero-order valence-corrected chi connectivity index (χ0v) is 13.8. The van der Waals surface area contributed by atoms with Crippen LogP contribution in [0.25, 0.3) is 22.6 Å². The third-order valence-corrected chi connectivity index (χ3v) is 3.88. The fourth-order valence-corrected chi connectivity index (χ4v) is 2.58. The largest absolute Gasteiger partial charge is 0.228 e. The van der Waals surface area contributed by atoms with Gasteiger partial charge in [-0.3, -0.25) is 0 Å². The molecule has 0 bridgehead atoms. The van der Waals surface area contributed by atoms with Crippen molar-refractivity contribution < 1.29 is 0 Å². The fraction of sp³-hybridized carbons (Fsp3) is 0. The van der Waals surface area contributed by atoms with Gasteiger partial charge in [-0.25, -0.2) is 9.97 Å². The molecule has 1 aromatic heterocycles. The van der Waals surface area contributed by atoms with Gasteiger partial charge in [0.15, 0.2) is 5.82 Å². The zero-order chi connectivity index (χ0) is 14.8. The first-order chi connectivity index (χ1) is 10.1. The van der Waals surface area contributed by atoms with E-state index in [1.54, 1.807) is 6.07 Å². The molecule has 0 spiro atoms. The second-order valence-electron chi connectivity index (χ2n) is 4.42. The van der Waals surface area contributed by atoms with Crippen LogP contribution in [-0.4, -0.2) is 9.97 Å². The standard InChI is InChI=1S/C16H9BrCl2N2/c17-12-6-4-10(5-7-12)14-9-15(19)21-16(20-14)11-2-1-3-13(18)8-11/h1-9H. The molecule has 5 heteroatoms. The van der Waals surface area contributed by atoms with Crippen LogP contribution in [-0.2, 0) is 0 Å². The van der Waals surface area contributed by atoms with E-state index < -0.39 is 0 Å². The molecule has 0 saturated heterocycles. The van der Waals surface area contributed by atoms with Crippen LogP contribution in [0.5, 0.6) is 0 Å². The van der Waals surface area contributed by atoms with Crippen molar-refractivity contribution in [1.82, 2.24) is 9.97 Å². The number of benzene rings is 2. The average Bonchev–Trinajstić information content (AvgIpc) is 2.47. The summed E-state index contributed by atoms with van der Waals surface area (Å²) in [6.07, 6.45) is 0. The Hall–Kier alpha value is -1.42. The predicted molar refractivity (Wildman–Crippen MR) is 90.6 cm³/mol. The van der Waals surface area contributed by atoms with E-state index in [2.05, 4.69) is 25.9 Å². The molecule has 0 aliphatic carbocycles. The van der Waals surface area contributed by atoms with Gasteiger partial charge in [0.2, 0.25) is 0 Å². The first-order valence-corrected chi connectivity index (χ1v) is 7.73. The van der Waals surface area contributed by atoms with Crippen LogP contribution < -0.4 is 0 Å². The highest BCUT2D eigenvalue weighted by molar-refractivity contribution is 9.10. The Labute approximate surface area is 140 Å². The third-order valence-electron chi connectivity index (χ3n) is 2.92. The SMILES string of the molecule is Clc1cccc(-c2nc(Cl)cc(-c3ccc(Br)cc3)n2)c1. The molecular weight excluding hydrogens is 371 g/mol. The van der Waals surface area contributed by atoms with Crippen LogP contribution in [0.3, 0.4) is 0 Å². The Morgan fingerprint density at radius 3 is 2.29 bits per heavy atom. The van der Waals surface area contributed by atoms with E-state index in [-0.39, 0.29) is 0 Å². The molecule has 0 N–H and O–H groups in total. The molecule has 0 atom stereocenters. The molecule has 3 aromatic rings. The minimum Gasteiger partial charge on any atom is -0.228 e. The highest BCUT2D eigenvalue weighted by Gasteiger charge is 2.08. The lowest BCUT2D eigenvalue weighted by Gasteiger charge is -2.06.